The molecule has 1 fully saturated rings. The van der Waals surface area contributed by atoms with Crippen LogP contribution in [0.1, 0.15) is 24.2 Å². The van der Waals surface area contributed by atoms with E-state index in [1.165, 1.54) is 0 Å². The average Bonchev–Trinajstić information content (AvgIpc) is 2.86. The number of likely N-dealkylation sites (tertiary alicyclic amines) is 1. The standard InChI is InChI=1S/C10H16N4O2/c1-13-3-2-8(10(13)16)14-6-12-4-9(14)7(11)5-15/h4,6-8,15H,2-3,5,11H2,1H3. The Kier molecular flexibility index (Phi) is 2.93. The molecule has 1 saturated heterocycles. The van der Waals surface area contributed by atoms with Gasteiger partial charge >= 0.3 is 0 Å². The van der Waals surface area contributed by atoms with E-state index in [4.69, 9.17) is 10.8 Å². The fourth-order valence-electron chi connectivity index (χ4n) is 2.02. The number of nitrogens with zero attached hydrogens (tertiary/aromatic N) is 3. The summed E-state index contributed by atoms with van der Waals surface area (Å²) in [5.41, 5.74) is 6.46. The zero-order valence-electron chi connectivity index (χ0n) is 9.21. The fourth-order valence-corrected chi connectivity index (χ4v) is 2.02. The van der Waals surface area contributed by atoms with E-state index in [2.05, 4.69) is 4.98 Å². The van der Waals surface area contributed by atoms with Gasteiger partial charge in [-0.1, -0.05) is 0 Å². The molecule has 0 radical (unpaired) electrons. The van der Waals surface area contributed by atoms with E-state index in [9.17, 15) is 4.79 Å². The molecule has 1 aromatic rings. The second-order valence-corrected chi connectivity index (χ2v) is 4.08. The molecule has 16 heavy (non-hydrogen) atoms. The summed E-state index contributed by atoms with van der Waals surface area (Å²) in [5, 5.41) is 9.03. The van der Waals surface area contributed by atoms with Crippen LogP contribution in [-0.4, -0.2) is 45.7 Å². The lowest BCUT2D eigenvalue weighted by Gasteiger charge is -2.17. The number of carbonyl (C=O) groups excluding carboxylic acids is 1. The minimum Gasteiger partial charge on any atom is -0.394 e. The second kappa shape index (κ2) is 4.23. The fraction of sp³-hybridized carbons (Fsp3) is 0.600. The minimum absolute atomic E-state index is 0.0735. The number of aromatic nitrogens is 2. The van der Waals surface area contributed by atoms with Gasteiger partial charge in [-0.2, -0.15) is 0 Å². The van der Waals surface area contributed by atoms with Crippen LogP contribution in [0.3, 0.4) is 0 Å². The molecule has 2 unspecified atom stereocenters. The number of likely N-dealkylation sites (N-methyl/N-ethyl adjacent to an activating group) is 1. The van der Waals surface area contributed by atoms with Crippen molar-refractivity contribution in [3.05, 3.63) is 18.2 Å². The molecule has 6 nitrogen and oxygen atoms in total. The number of hydrogen-bond acceptors (Lipinski definition) is 4. The van der Waals surface area contributed by atoms with Gasteiger partial charge in [0.1, 0.15) is 6.04 Å². The maximum absolute atomic E-state index is 11.8. The Bertz CT molecular complexity index is 390. The van der Waals surface area contributed by atoms with Crippen molar-refractivity contribution in [2.75, 3.05) is 20.2 Å². The van der Waals surface area contributed by atoms with Crippen LogP contribution in [0.15, 0.2) is 12.5 Å². The zero-order chi connectivity index (χ0) is 11.7. The van der Waals surface area contributed by atoms with E-state index in [1.54, 1.807) is 29.0 Å². The maximum atomic E-state index is 11.8. The van der Waals surface area contributed by atoms with E-state index in [-0.39, 0.29) is 18.6 Å². The number of rotatable bonds is 3. The summed E-state index contributed by atoms with van der Waals surface area (Å²) in [5.74, 6) is 0.0735. The highest BCUT2D eigenvalue weighted by molar-refractivity contribution is 5.82. The first kappa shape index (κ1) is 11.1. The second-order valence-electron chi connectivity index (χ2n) is 4.08. The first-order chi connectivity index (χ1) is 7.65. The smallest absolute Gasteiger partial charge is 0.245 e. The molecule has 0 spiro atoms. The highest BCUT2D eigenvalue weighted by atomic mass is 16.3. The minimum atomic E-state index is -0.485. The summed E-state index contributed by atoms with van der Waals surface area (Å²) in [6.45, 7) is 0.595. The van der Waals surface area contributed by atoms with Crippen LogP contribution in [-0.2, 0) is 4.79 Å². The van der Waals surface area contributed by atoms with Crippen molar-refractivity contribution in [3.63, 3.8) is 0 Å². The maximum Gasteiger partial charge on any atom is 0.245 e. The van der Waals surface area contributed by atoms with Crippen molar-refractivity contribution in [2.24, 2.45) is 5.73 Å². The van der Waals surface area contributed by atoms with Gasteiger partial charge in [0.05, 0.1) is 24.7 Å². The van der Waals surface area contributed by atoms with Crippen molar-refractivity contribution in [1.82, 2.24) is 14.5 Å². The van der Waals surface area contributed by atoms with E-state index >= 15 is 0 Å². The molecule has 2 rings (SSSR count). The molecular formula is C10H16N4O2. The number of carbonyl (C=O) groups is 1. The molecule has 0 bridgehead atoms. The molecule has 1 aromatic heterocycles. The predicted octanol–water partition coefficient (Wildman–Crippen LogP) is -0.722. The molecule has 1 aliphatic heterocycles. The lowest BCUT2D eigenvalue weighted by molar-refractivity contribution is -0.129. The Hall–Kier alpha value is -1.40. The van der Waals surface area contributed by atoms with Gasteiger partial charge in [-0.25, -0.2) is 4.98 Å². The molecule has 0 aromatic carbocycles. The van der Waals surface area contributed by atoms with Gasteiger partial charge in [0, 0.05) is 19.8 Å². The van der Waals surface area contributed by atoms with Crippen LogP contribution in [0.2, 0.25) is 0 Å². The number of nitrogens with two attached hydrogens (primary N) is 1. The molecule has 2 atom stereocenters. The molecule has 6 heteroatoms. The Morgan fingerprint density at radius 3 is 3.06 bits per heavy atom. The Labute approximate surface area is 93.7 Å². The normalized spacial score (nSPS) is 22.8. The molecular weight excluding hydrogens is 208 g/mol. The SMILES string of the molecule is CN1CCC(n2cncc2C(N)CO)C1=O. The predicted molar refractivity (Wildman–Crippen MR) is 57.5 cm³/mol. The lowest BCUT2D eigenvalue weighted by atomic mass is 10.2. The van der Waals surface area contributed by atoms with Crippen molar-refractivity contribution in [1.29, 1.82) is 0 Å². The lowest BCUT2D eigenvalue weighted by Crippen LogP contribution is -2.27. The third kappa shape index (κ3) is 1.70. The first-order valence-electron chi connectivity index (χ1n) is 5.28. The van der Waals surface area contributed by atoms with Gasteiger partial charge in [0.25, 0.3) is 0 Å². The molecule has 0 aliphatic carbocycles. The van der Waals surface area contributed by atoms with Crippen LogP contribution in [0.5, 0.6) is 0 Å². The molecule has 88 valence electrons. The van der Waals surface area contributed by atoms with Crippen molar-refractivity contribution < 1.29 is 9.90 Å². The summed E-state index contributed by atoms with van der Waals surface area (Å²) < 4.78 is 1.77. The Balaban J connectivity index is 2.27. The summed E-state index contributed by atoms with van der Waals surface area (Å²) in [4.78, 5) is 17.5. The van der Waals surface area contributed by atoms with Crippen LogP contribution < -0.4 is 5.73 Å². The highest BCUT2D eigenvalue weighted by Crippen LogP contribution is 2.25. The van der Waals surface area contributed by atoms with Gasteiger partial charge < -0.3 is 20.3 Å². The number of hydrogen-bond donors (Lipinski definition) is 2. The molecule has 3 N–H and O–H groups in total. The zero-order valence-corrected chi connectivity index (χ0v) is 9.21. The van der Waals surface area contributed by atoms with Gasteiger partial charge in [-0.15, -0.1) is 0 Å². The third-order valence-electron chi connectivity index (χ3n) is 3.01. The first-order valence-corrected chi connectivity index (χ1v) is 5.28. The van der Waals surface area contributed by atoms with E-state index in [1.807, 2.05) is 0 Å². The van der Waals surface area contributed by atoms with Crippen LogP contribution >= 0.6 is 0 Å². The molecule has 1 amide bonds. The number of aliphatic hydroxyl groups excluding tert-OH is 1. The van der Waals surface area contributed by atoms with Crippen molar-refractivity contribution in [3.8, 4) is 0 Å². The summed E-state index contributed by atoms with van der Waals surface area (Å²) in [6.07, 6.45) is 3.97. The number of amides is 1. The highest BCUT2D eigenvalue weighted by Gasteiger charge is 2.32. The number of aliphatic hydroxyl groups is 1. The quantitative estimate of drug-likeness (QED) is 0.709. The Morgan fingerprint density at radius 1 is 1.75 bits per heavy atom. The average molecular weight is 224 g/mol. The van der Waals surface area contributed by atoms with Crippen LogP contribution in [0.25, 0.3) is 0 Å². The molecule has 1 aliphatic rings. The Morgan fingerprint density at radius 2 is 2.50 bits per heavy atom. The third-order valence-corrected chi connectivity index (χ3v) is 3.01. The number of imidazole rings is 1. The molecule has 2 heterocycles. The van der Waals surface area contributed by atoms with Crippen molar-refractivity contribution in [2.45, 2.75) is 18.5 Å². The van der Waals surface area contributed by atoms with E-state index in [0.29, 0.717) is 5.69 Å². The topological polar surface area (TPSA) is 84.4 Å². The van der Waals surface area contributed by atoms with Crippen LogP contribution in [0.4, 0.5) is 0 Å². The van der Waals surface area contributed by atoms with E-state index in [0.717, 1.165) is 13.0 Å². The van der Waals surface area contributed by atoms with Gasteiger partial charge in [0.15, 0.2) is 0 Å². The summed E-state index contributed by atoms with van der Waals surface area (Å²) in [7, 11) is 1.78. The van der Waals surface area contributed by atoms with Crippen LogP contribution in [0, 0.1) is 0 Å². The molecule has 0 saturated carbocycles. The monoisotopic (exact) mass is 224 g/mol. The van der Waals surface area contributed by atoms with Gasteiger partial charge in [0.2, 0.25) is 5.91 Å². The largest absolute Gasteiger partial charge is 0.394 e. The summed E-state index contributed by atoms with van der Waals surface area (Å²) >= 11 is 0. The van der Waals surface area contributed by atoms with E-state index < -0.39 is 6.04 Å². The summed E-state index contributed by atoms with van der Waals surface area (Å²) in [6, 6.07) is -0.707. The van der Waals surface area contributed by atoms with Gasteiger partial charge in [-0.3, -0.25) is 4.79 Å². The van der Waals surface area contributed by atoms with Gasteiger partial charge in [-0.05, 0) is 6.42 Å². The van der Waals surface area contributed by atoms with Crippen molar-refractivity contribution >= 4 is 5.91 Å².